The summed E-state index contributed by atoms with van der Waals surface area (Å²) >= 11 is 5.13. The van der Waals surface area contributed by atoms with Crippen molar-refractivity contribution in [1.82, 2.24) is 15.3 Å². The van der Waals surface area contributed by atoms with Gasteiger partial charge in [0, 0.05) is 18.7 Å². The molecule has 3 rings (SSSR count). The molecule has 3 aromatic rings. The summed E-state index contributed by atoms with van der Waals surface area (Å²) in [4.78, 5) is 21.5. The number of aromatic amines is 1. The van der Waals surface area contributed by atoms with Gasteiger partial charge in [0.1, 0.15) is 0 Å². The lowest BCUT2D eigenvalue weighted by atomic mass is 10.2. The van der Waals surface area contributed by atoms with Crippen LogP contribution in [0.2, 0.25) is 0 Å². The van der Waals surface area contributed by atoms with E-state index in [1.807, 2.05) is 30.3 Å². The highest BCUT2D eigenvalue weighted by molar-refractivity contribution is 7.80. The number of anilines is 1. The van der Waals surface area contributed by atoms with Gasteiger partial charge in [0.15, 0.2) is 5.11 Å². The Labute approximate surface area is 153 Å². The molecule has 0 aliphatic heterocycles. The average molecular weight is 369 g/mol. The molecule has 0 atom stereocenters. The Balaban J connectivity index is 1.63. The number of guanidine groups is 1. The third-order valence-electron chi connectivity index (χ3n) is 3.43. The van der Waals surface area contributed by atoms with Crippen molar-refractivity contribution in [3.63, 3.8) is 0 Å². The molecule has 0 amide bonds. The average Bonchev–Trinajstić information content (AvgIpc) is 3.01. The molecule has 0 saturated heterocycles. The van der Waals surface area contributed by atoms with Crippen molar-refractivity contribution in [3.8, 4) is 0 Å². The first kappa shape index (κ1) is 17.3. The summed E-state index contributed by atoms with van der Waals surface area (Å²) in [5, 5.41) is 16.8. The van der Waals surface area contributed by atoms with Crippen LogP contribution in [0.4, 0.5) is 11.6 Å². The zero-order chi connectivity index (χ0) is 18.5. The number of H-pyrrole nitrogens is 1. The van der Waals surface area contributed by atoms with E-state index in [-0.39, 0.29) is 16.8 Å². The predicted molar refractivity (Wildman–Crippen MR) is 104 cm³/mol. The Kier molecular flexibility index (Phi) is 5.04. The summed E-state index contributed by atoms with van der Waals surface area (Å²) in [6.45, 7) is 0.532. The van der Waals surface area contributed by atoms with E-state index in [2.05, 4.69) is 25.6 Å². The number of nitrogens with two attached hydrogens (primary N) is 1. The molecule has 10 heteroatoms. The van der Waals surface area contributed by atoms with Crippen molar-refractivity contribution < 1.29 is 4.92 Å². The predicted octanol–water partition coefficient (Wildman–Crippen LogP) is 2.27. The molecule has 26 heavy (non-hydrogen) atoms. The third-order valence-corrected chi connectivity index (χ3v) is 3.67. The quantitative estimate of drug-likeness (QED) is 0.182. The van der Waals surface area contributed by atoms with E-state index < -0.39 is 4.92 Å². The number of benzene rings is 2. The fourth-order valence-electron chi connectivity index (χ4n) is 2.24. The maximum Gasteiger partial charge on any atom is 0.271 e. The van der Waals surface area contributed by atoms with Crippen LogP contribution in [0.1, 0.15) is 5.56 Å². The number of non-ortho nitro benzene ring substituents is 1. The number of thiocarbonyl (C=S) groups is 1. The minimum absolute atomic E-state index is 0.0272. The monoisotopic (exact) mass is 369 g/mol. The molecular formula is C16H15N7O2S. The zero-order valence-corrected chi connectivity index (χ0v) is 14.3. The van der Waals surface area contributed by atoms with Gasteiger partial charge in [0.05, 0.1) is 16.0 Å². The summed E-state index contributed by atoms with van der Waals surface area (Å²) in [6.07, 6.45) is 0. The Bertz CT molecular complexity index is 985. The normalized spacial score (nSPS) is 11.3. The van der Waals surface area contributed by atoms with E-state index >= 15 is 0 Å². The van der Waals surface area contributed by atoms with E-state index in [1.165, 1.54) is 12.1 Å². The Morgan fingerprint density at radius 1 is 1.31 bits per heavy atom. The second kappa shape index (κ2) is 7.57. The number of hydrogen-bond acceptors (Lipinski definition) is 4. The van der Waals surface area contributed by atoms with Crippen molar-refractivity contribution in [1.29, 1.82) is 0 Å². The summed E-state index contributed by atoms with van der Waals surface area (Å²) in [7, 11) is 0. The summed E-state index contributed by atoms with van der Waals surface area (Å²) < 4.78 is 0. The highest BCUT2D eigenvalue weighted by atomic mass is 32.1. The SMILES string of the molecule is N/C(=N\C(=S)NCc1ccccc1)Nc1nc2ccc([N+](=O)[O-])cc2[nH]1. The Hall–Kier alpha value is -3.53. The van der Waals surface area contributed by atoms with Crippen molar-refractivity contribution in [2.45, 2.75) is 6.54 Å². The standard InChI is InChI=1S/C16H15N7O2S/c17-14(22-16(26)18-9-10-4-2-1-3-5-10)21-15-19-12-7-6-11(23(24)25)8-13(12)20-15/h1-8H,9H2,(H5,17,18,19,20,21,22,26). The molecule has 132 valence electrons. The van der Waals surface area contributed by atoms with Crippen LogP contribution in [0.3, 0.4) is 0 Å². The largest absolute Gasteiger partial charge is 0.369 e. The van der Waals surface area contributed by atoms with Gasteiger partial charge in [-0.25, -0.2) is 4.98 Å². The van der Waals surface area contributed by atoms with Crippen LogP contribution in [0.25, 0.3) is 11.0 Å². The fraction of sp³-hybridized carbons (Fsp3) is 0.0625. The minimum Gasteiger partial charge on any atom is -0.369 e. The lowest BCUT2D eigenvalue weighted by molar-refractivity contribution is -0.384. The van der Waals surface area contributed by atoms with Gasteiger partial charge in [-0.2, -0.15) is 4.99 Å². The molecule has 0 saturated carbocycles. The molecular weight excluding hydrogens is 354 g/mol. The third kappa shape index (κ3) is 4.30. The van der Waals surface area contributed by atoms with Crippen molar-refractivity contribution in [2.75, 3.05) is 5.32 Å². The number of nitrogens with one attached hydrogen (secondary N) is 3. The number of nitrogens with zero attached hydrogens (tertiary/aromatic N) is 3. The van der Waals surface area contributed by atoms with Gasteiger partial charge in [-0.15, -0.1) is 0 Å². The number of aromatic nitrogens is 2. The summed E-state index contributed by atoms with van der Waals surface area (Å²) in [5.74, 6) is 0.358. The first-order valence-corrected chi connectivity index (χ1v) is 7.99. The van der Waals surface area contributed by atoms with E-state index in [9.17, 15) is 10.1 Å². The first-order chi connectivity index (χ1) is 12.5. The molecule has 1 heterocycles. The number of fused-ring (bicyclic) bond motifs is 1. The van der Waals surface area contributed by atoms with Crippen LogP contribution >= 0.6 is 12.2 Å². The van der Waals surface area contributed by atoms with Crippen molar-refractivity contribution in [2.24, 2.45) is 10.7 Å². The van der Waals surface area contributed by atoms with Crippen LogP contribution in [0.15, 0.2) is 53.5 Å². The molecule has 0 spiro atoms. The highest BCUT2D eigenvalue weighted by Gasteiger charge is 2.10. The van der Waals surface area contributed by atoms with E-state index in [1.54, 1.807) is 6.07 Å². The lowest BCUT2D eigenvalue weighted by Gasteiger charge is -2.05. The van der Waals surface area contributed by atoms with Gasteiger partial charge in [-0.05, 0) is 23.8 Å². The molecule has 0 aliphatic rings. The minimum atomic E-state index is -0.472. The summed E-state index contributed by atoms with van der Waals surface area (Å²) in [5.41, 5.74) is 7.94. The maximum absolute atomic E-state index is 10.8. The number of imidazole rings is 1. The van der Waals surface area contributed by atoms with E-state index in [0.29, 0.717) is 23.5 Å². The van der Waals surface area contributed by atoms with Gasteiger partial charge >= 0.3 is 0 Å². The number of hydrogen-bond donors (Lipinski definition) is 4. The molecule has 1 aromatic heterocycles. The van der Waals surface area contributed by atoms with Crippen LogP contribution in [0, 0.1) is 10.1 Å². The molecule has 5 N–H and O–H groups in total. The smallest absolute Gasteiger partial charge is 0.271 e. The van der Waals surface area contributed by atoms with Gasteiger partial charge in [-0.3, -0.25) is 15.4 Å². The van der Waals surface area contributed by atoms with Crippen LogP contribution in [-0.4, -0.2) is 26.0 Å². The zero-order valence-electron chi connectivity index (χ0n) is 13.5. The van der Waals surface area contributed by atoms with Crippen LogP contribution in [-0.2, 0) is 6.54 Å². The molecule has 0 unspecified atom stereocenters. The van der Waals surface area contributed by atoms with Gasteiger partial charge in [0.25, 0.3) is 5.69 Å². The van der Waals surface area contributed by atoms with E-state index in [4.69, 9.17) is 18.0 Å². The van der Waals surface area contributed by atoms with Crippen LogP contribution in [0.5, 0.6) is 0 Å². The van der Waals surface area contributed by atoms with Gasteiger partial charge < -0.3 is 16.0 Å². The second-order valence-electron chi connectivity index (χ2n) is 5.31. The molecule has 0 radical (unpaired) electrons. The fourth-order valence-corrected chi connectivity index (χ4v) is 2.41. The van der Waals surface area contributed by atoms with Gasteiger partial charge in [0.2, 0.25) is 11.9 Å². The highest BCUT2D eigenvalue weighted by Crippen LogP contribution is 2.20. The molecule has 2 aromatic carbocycles. The number of nitro groups is 1. The lowest BCUT2D eigenvalue weighted by Crippen LogP contribution is -2.28. The first-order valence-electron chi connectivity index (χ1n) is 7.58. The molecule has 0 bridgehead atoms. The van der Waals surface area contributed by atoms with Crippen LogP contribution < -0.4 is 16.4 Å². The molecule has 0 aliphatic carbocycles. The summed E-state index contributed by atoms with van der Waals surface area (Å²) in [6, 6.07) is 14.1. The Morgan fingerprint density at radius 3 is 2.81 bits per heavy atom. The van der Waals surface area contributed by atoms with Crippen molar-refractivity contribution >= 4 is 46.0 Å². The number of nitro benzene ring substituents is 1. The van der Waals surface area contributed by atoms with Crippen molar-refractivity contribution in [3.05, 3.63) is 64.2 Å². The maximum atomic E-state index is 10.8. The second-order valence-corrected chi connectivity index (χ2v) is 5.70. The topological polar surface area (TPSA) is 134 Å². The van der Waals surface area contributed by atoms with E-state index in [0.717, 1.165) is 5.56 Å². The number of rotatable bonds is 4. The Morgan fingerprint density at radius 2 is 2.08 bits per heavy atom. The number of aliphatic imine (C=N–C) groups is 1. The molecule has 0 fully saturated rings. The van der Waals surface area contributed by atoms with Gasteiger partial charge in [-0.1, -0.05) is 30.3 Å². The molecule has 9 nitrogen and oxygen atoms in total.